The van der Waals surface area contributed by atoms with Crippen LogP contribution in [-0.4, -0.2) is 43.5 Å². The lowest BCUT2D eigenvalue weighted by Crippen LogP contribution is -2.48. The minimum absolute atomic E-state index is 0.136. The normalized spacial score (nSPS) is 19.4. The van der Waals surface area contributed by atoms with Gasteiger partial charge in [-0.25, -0.2) is 0 Å². The number of rotatable bonds is 4. The first-order valence-electron chi connectivity index (χ1n) is 5.45. The molecular weight excluding hydrogens is 178 g/mol. The van der Waals surface area contributed by atoms with Gasteiger partial charge in [0.15, 0.2) is 0 Å². The number of nitrogens with two attached hydrogens (primary N) is 1. The molecule has 1 unspecified atom stereocenters. The van der Waals surface area contributed by atoms with Gasteiger partial charge in [-0.05, 0) is 19.4 Å². The molecule has 0 aromatic heterocycles. The molecule has 0 saturated carbocycles. The predicted octanol–water partition coefficient (Wildman–Crippen LogP) is -0.207. The molecule has 1 rings (SSSR count). The lowest BCUT2D eigenvalue weighted by molar-refractivity contribution is -0.135. The molecule has 1 atom stereocenters. The van der Waals surface area contributed by atoms with Crippen LogP contribution in [0.2, 0.25) is 0 Å². The van der Waals surface area contributed by atoms with Gasteiger partial charge in [-0.15, -0.1) is 0 Å². The number of carbonyl (C=O) groups excluding carboxylic acids is 1. The van der Waals surface area contributed by atoms with E-state index in [1.807, 2.05) is 11.8 Å². The second-order valence-corrected chi connectivity index (χ2v) is 3.91. The van der Waals surface area contributed by atoms with Crippen LogP contribution in [0.25, 0.3) is 0 Å². The number of piperazine rings is 1. The highest BCUT2D eigenvalue weighted by molar-refractivity contribution is 5.78. The molecule has 0 radical (unpaired) electrons. The van der Waals surface area contributed by atoms with E-state index in [1.165, 1.54) is 0 Å². The summed E-state index contributed by atoms with van der Waals surface area (Å²) >= 11 is 0. The highest BCUT2D eigenvalue weighted by Crippen LogP contribution is 2.09. The maximum atomic E-state index is 11.9. The molecule has 1 amide bonds. The maximum Gasteiger partial charge on any atom is 0.225 e. The van der Waals surface area contributed by atoms with E-state index in [0.717, 1.165) is 39.0 Å². The Kier molecular flexibility index (Phi) is 4.90. The van der Waals surface area contributed by atoms with Crippen molar-refractivity contribution in [3.05, 3.63) is 0 Å². The standard InChI is InChI=1S/C10H21N3O/c1-9(3-2-4-11)10(14)13-7-5-12-6-8-13/h9,12H,2-8,11H2,1H3. The third kappa shape index (κ3) is 3.27. The third-order valence-electron chi connectivity index (χ3n) is 2.69. The van der Waals surface area contributed by atoms with Crippen molar-refractivity contribution in [3.63, 3.8) is 0 Å². The smallest absolute Gasteiger partial charge is 0.225 e. The summed E-state index contributed by atoms with van der Waals surface area (Å²) in [4.78, 5) is 13.8. The molecule has 1 saturated heterocycles. The Morgan fingerprint density at radius 3 is 2.71 bits per heavy atom. The molecule has 0 bridgehead atoms. The van der Waals surface area contributed by atoms with Crippen LogP contribution < -0.4 is 11.1 Å². The van der Waals surface area contributed by atoms with Crippen molar-refractivity contribution < 1.29 is 4.79 Å². The van der Waals surface area contributed by atoms with Crippen LogP contribution in [0.1, 0.15) is 19.8 Å². The number of amides is 1. The quantitative estimate of drug-likeness (QED) is 0.659. The summed E-state index contributed by atoms with van der Waals surface area (Å²) in [7, 11) is 0. The van der Waals surface area contributed by atoms with Crippen molar-refractivity contribution in [2.24, 2.45) is 11.7 Å². The number of hydrogen-bond donors (Lipinski definition) is 2. The molecule has 0 aromatic carbocycles. The van der Waals surface area contributed by atoms with E-state index in [0.29, 0.717) is 12.5 Å². The molecule has 82 valence electrons. The van der Waals surface area contributed by atoms with Crippen LogP contribution in [0, 0.1) is 5.92 Å². The van der Waals surface area contributed by atoms with Crippen molar-refractivity contribution >= 4 is 5.91 Å². The first-order chi connectivity index (χ1) is 6.75. The monoisotopic (exact) mass is 199 g/mol. The first kappa shape index (κ1) is 11.5. The molecule has 1 fully saturated rings. The van der Waals surface area contributed by atoms with Crippen LogP contribution in [0.4, 0.5) is 0 Å². The van der Waals surface area contributed by atoms with E-state index >= 15 is 0 Å². The molecule has 14 heavy (non-hydrogen) atoms. The van der Waals surface area contributed by atoms with Gasteiger partial charge in [0.1, 0.15) is 0 Å². The second-order valence-electron chi connectivity index (χ2n) is 3.91. The second kappa shape index (κ2) is 5.98. The van der Waals surface area contributed by atoms with Crippen LogP contribution >= 0.6 is 0 Å². The Labute approximate surface area is 85.8 Å². The van der Waals surface area contributed by atoms with E-state index in [-0.39, 0.29) is 5.92 Å². The van der Waals surface area contributed by atoms with Crippen molar-refractivity contribution in [1.82, 2.24) is 10.2 Å². The minimum Gasteiger partial charge on any atom is -0.340 e. The minimum atomic E-state index is 0.136. The number of nitrogens with zero attached hydrogens (tertiary/aromatic N) is 1. The largest absolute Gasteiger partial charge is 0.340 e. The molecule has 1 aliphatic heterocycles. The Balaban J connectivity index is 2.30. The zero-order valence-corrected chi connectivity index (χ0v) is 8.96. The van der Waals surface area contributed by atoms with Gasteiger partial charge < -0.3 is 16.0 Å². The summed E-state index contributed by atoms with van der Waals surface area (Å²) in [5.74, 6) is 0.427. The van der Waals surface area contributed by atoms with Crippen molar-refractivity contribution in [3.8, 4) is 0 Å². The highest BCUT2D eigenvalue weighted by Gasteiger charge is 2.20. The van der Waals surface area contributed by atoms with Gasteiger partial charge in [0.25, 0.3) is 0 Å². The lowest BCUT2D eigenvalue weighted by atomic mass is 10.0. The zero-order chi connectivity index (χ0) is 10.4. The molecule has 1 heterocycles. The first-order valence-corrected chi connectivity index (χ1v) is 5.45. The molecule has 0 aromatic rings. The number of hydrogen-bond acceptors (Lipinski definition) is 3. The Morgan fingerprint density at radius 2 is 2.14 bits per heavy atom. The van der Waals surface area contributed by atoms with Crippen LogP contribution in [0.15, 0.2) is 0 Å². The summed E-state index contributed by atoms with van der Waals surface area (Å²) < 4.78 is 0. The predicted molar refractivity (Wildman–Crippen MR) is 56.9 cm³/mol. The van der Waals surface area contributed by atoms with Gasteiger partial charge in [0.2, 0.25) is 5.91 Å². The van der Waals surface area contributed by atoms with Gasteiger partial charge in [-0.1, -0.05) is 6.92 Å². The Morgan fingerprint density at radius 1 is 1.50 bits per heavy atom. The summed E-state index contributed by atoms with van der Waals surface area (Å²) in [5.41, 5.74) is 5.42. The molecule has 0 spiro atoms. The Bertz CT molecular complexity index is 178. The maximum absolute atomic E-state index is 11.9. The van der Waals surface area contributed by atoms with Gasteiger partial charge in [-0.3, -0.25) is 4.79 Å². The van der Waals surface area contributed by atoms with E-state index < -0.39 is 0 Å². The van der Waals surface area contributed by atoms with Crippen molar-refractivity contribution in [1.29, 1.82) is 0 Å². The van der Waals surface area contributed by atoms with E-state index in [2.05, 4.69) is 5.32 Å². The molecule has 0 aliphatic carbocycles. The molecule has 4 nitrogen and oxygen atoms in total. The van der Waals surface area contributed by atoms with Crippen LogP contribution in [-0.2, 0) is 4.79 Å². The average molecular weight is 199 g/mol. The molecule has 1 aliphatic rings. The fourth-order valence-corrected chi connectivity index (χ4v) is 1.74. The Hall–Kier alpha value is -0.610. The SMILES string of the molecule is CC(CCCN)C(=O)N1CCNCC1. The molecular formula is C10H21N3O. The number of carbonyl (C=O) groups is 1. The third-order valence-corrected chi connectivity index (χ3v) is 2.69. The summed E-state index contributed by atoms with van der Waals surface area (Å²) in [6.07, 6.45) is 1.86. The fraction of sp³-hybridized carbons (Fsp3) is 0.900. The summed E-state index contributed by atoms with van der Waals surface area (Å²) in [6.45, 7) is 6.24. The van der Waals surface area contributed by atoms with Gasteiger partial charge in [0, 0.05) is 32.1 Å². The van der Waals surface area contributed by atoms with Gasteiger partial charge in [0.05, 0.1) is 0 Å². The summed E-state index contributed by atoms with van der Waals surface area (Å²) in [6, 6.07) is 0. The number of nitrogens with one attached hydrogen (secondary N) is 1. The molecule has 3 N–H and O–H groups in total. The fourth-order valence-electron chi connectivity index (χ4n) is 1.74. The lowest BCUT2D eigenvalue weighted by Gasteiger charge is -2.29. The average Bonchev–Trinajstić information content (AvgIpc) is 2.26. The summed E-state index contributed by atoms with van der Waals surface area (Å²) in [5, 5.41) is 3.24. The van der Waals surface area contributed by atoms with Crippen molar-refractivity contribution in [2.45, 2.75) is 19.8 Å². The topological polar surface area (TPSA) is 58.4 Å². The van der Waals surface area contributed by atoms with Crippen LogP contribution in [0.5, 0.6) is 0 Å². The zero-order valence-electron chi connectivity index (χ0n) is 8.96. The van der Waals surface area contributed by atoms with Gasteiger partial charge >= 0.3 is 0 Å². The van der Waals surface area contributed by atoms with Gasteiger partial charge in [-0.2, -0.15) is 0 Å². The van der Waals surface area contributed by atoms with Crippen molar-refractivity contribution in [2.75, 3.05) is 32.7 Å². The van der Waals surface area contributed by atoms with E-state index in [4.69, 9.17) is 5.73 Å². The highest BCUT2D eigenvalue weighted by atomic mass is 16.2. The molecule has 4 heteroatoms. The van der Waals surface area contributed by atoms with Crippen LogP contribution in [0.3, 0.4) is 0 Å². The van der Waals surface area contributed by atoms with E-state index in [1.54, 1.807) is 0 Å². The van der Waals surface area contributed by atoms with E-state index in [9.17, 15) is 4.79 Å².